The van der Waals surface area contributed by atoms with Crippen LogP contribution in [0.5, 0.6) is 0 Å². The van der Waals surface area contributed by atoms with Crippen molar-refractivity contribution in [2.24, 2.45) is 0 Å². The number of sulfonamides is 1. The van der Waals surface area contributed by atoms with Gasteiger partial charge in [-0.1, -0.05) is 29.8 Å². The minimum atomic E-state index is -4.01. The van der Waals surface area contributed by atoms with Crippen molar-refractivity contribution >= 4 is 38.9 Å². The van der Waals surface area contributed by atoms with Crippen LogP contribution in [0.4, 0.5) is 20.2 Å². The third-order valence-corrected chi connectivity index (χ3v) is 5.82. The van der Waals surface area contributed by atoms with Gasteiger partial charge in [0.05, 0.1) is 15.6 Å². The van der Waals surface area contributed by atoms with Gasteiger partial charge in [-0.3, -0.25) is 9.52 Å². The number of benzene rings is 3. The van der Waals surface area contributed by atoms with Gasteiger partial charge in [0.2, 0.25) is 0 Å². The third kappa shape index (κ3) is 4.90. The molecule has 0 unspecified atom stereocenters. The summed E-state index contributed by atoms with van der Waals surface area (Å²) < 4.78 is 54.6. The number of para-hydroxylation sites is 1. The van der Waals surface area contributed by atoms with Crippen LogP contribution in [0.25, 0.3) is 0 Å². The Balaban J connectivity index is 1.89. The first kappa shape index (κ1) is 20.8. The van der Waals surface area contributed by atoms with Crippen LogP contribution in [0, 0.1) is 18.6 Å². The third-order valence-electron chi connectivity index (χ3n) is 3.98. The molecule has 3 rings (SSSR count). The lowest BCUT2D eigenvalue weighted by Crippen LogP contribution is -2.16. The average Bonchev–Trinajstić information content (AvgIpc) is 2.64. The van der Waals surface area contributed by atoms with Crippen LogP contribution in [-0.4, -0.2) is 14.3 Å². The Morgan fingerprint density at radius 1 is 0.966 bits per heavy atom. The van der Waals surface area contributed by atoms with E-state index in [-0.39, 0.29) is 26.9 Å². The van der Waals surface area contributed by atoms with Gasteiger partial charge >= 0.3 is 0 Å². The second-order valence-corrected chi connectivity index (χ2v) is 8.24. The van der Waals surface area contributed by atoms with Crippen molar-refractivity contribution in [3.05, 3.63) is 88.4 Å². The van der Waals surface area contributed by atoms with E-state index < -0.39 is 27.6 Å². The Kier molecular flexibility index (Phi) is 5.86. The Labute approximate surface area is 171 Å². The van der Waals surface area contributed by atoms with E-state index in [0.717, 1.165) is 12.1 Å². The molecule has 0 fully saturated rings. The van der Waals surface area contributed by atoms with Crippen molar-refractivity contribution < 1.29 is 22.0 Å². The summed E-state index contributed by atoms with van der Waals surface area (Å²) in [6, 6.07) is 13.0. The Morgan fingerprint density at radius 3 is 2.28 bits per heavy atom. The Bertz CT molecular complexity index is 1180. The largest absolute Gasteiger partial charge is 0.322 e. The number of aryl methyl sites for hydroxylation is 1. The highest BCUT2D eigenvalue weighted by molar-refractivity contribution is 7.92. The summed E-state index contributed by atoms with van der Waals surface area (Å²) in [6.07, 6.45) is 0. The Morgan fingerprint density at radius 2 is 1.62 bits per heavy atom. The fourth-order valence-corrected chi connectivity index (χ4v) is 4.19. The van der Waals surface area contributed by atoms with Gasteiger partial charge in [0.15, 0.2) is 0 Å². The van der Waals surface area contributed by atoms with Gasteiger partial charge in [0.1, 0.15) is 11.6 Å². The monoisotopic (exact) mass is 436 g/mol. The highest BCUT2D eigenvalue weighted by Gasteiger charge is 2.19. The number of rotatable bonds is 5. The van der Waals surface area contributed by atoms with E-state index in [2.05, 4.69) is 10.0 Å². The fraction of sp³-hybridized carbons (Fsp3) is 0.0500. The first-order valence-electron chi connectivity index (χ1n) is 8.31. The van der Waals surface area contributed by atoms with Crippen molar-refractivity contribution in [3.8, 4) is 0 Å². The van der Waals surface area contributed by atoms with Crippen molar-refractivity contribution in [2.45, 2.75) is 11.8 Å². The molecule has 0 heterocycles. The zero-order chi connectivity index (χ0) is 21.2. The summed E-state index contributed by atoms with van der Waals surface area (Å²) in [5, 5.41) is 2.67. The van der Waals surface area contributed by atoms with Crippen molar-refractivity contribution in [1.29, 1.82) is 0 Å². The summed E-state index contributed by atoms with van der Waals surface area (Å²) in [7, 11) is -4.01. The van der Waals surface area contributed by atoms with Crippen molar-refractivity contribution in [1.82, 2.24) is 0 Å². The molecule has 1 amide bonds. The summed E-state index contributed by atoms with van der Waals surface area (Å²) in [5.74, 6) is -2.58. The summed E-state index contributed by atoms with van der Waals surface area (Å²) >= 11 is 6.01. The zero-order valence-corrected chi connectivity index (χ0v) is 16.6. The van der Waals surface area contributed by atoms with Crippen molar-refractivity contribution in [2.75, 3.05) is 10.0 Å². The second kappa shape index (κ2) is 8.18. The quantitative estimate of drug-likeness (QED) is 0.592. The zero-order valence-electron chi connectivity index (χ0n) is 15.0. The van der Waals surface area contributed by atoms with E-state index in [9.17, 15) is 22.0 Å². The van der Waals surface area contributed by atoms with E-state index >= 15 is 0 Å². The normalized spacial score (nSPS) is 11.2. The summed E-state index contributed by atoms with van der Waals surface area (Å²) in [4.78, 5) is 12.2. The molecular formula is C20H15ClF2N2O3S. The molecule has 0 aliphatic heterocycles. The number of carbonyl (C=O) groups excluding carboxylic acids is 1. The van der Waals surface area contributed by atoms with Crippen LogP contribution >= 0.6 is 11.6 Å². The van der Waals surface area contributed by atoms with Crippen molar-refractivity contribution in [3.63, 3.8) is 0 Å². The predicted octanol–water partition coefficient (Wildman–Crippen LogP) is 4.98. The molecule has 0 aliphatic rings. The van der Waals surface area contributed by atoms with E-state index in [1.54, 1.807) is 25.1 Å². The molecule has 5 nitrogen and oxygen atoms in total. The molecule has 0 bridgehead atoms. The van der Waals surface area contributed by atoms with Gasteiger partial charge in [0.25, 0.3) is 15.9 Å². The van der Waals surface area contributed by atoms with E-state index in [1.165, 1.54) is 24.3 Å². The molecule has 3 aromatic rings. The molecule has 2 N–H and O–H groups in total. The van der Waals surface area contributed by atoms with Gasteiger partial charge < -0.3 is 5.32 Å². The highest BCUT2D eigenvalue weighted by atomic mass is 35.5. The smallest absolute Gasteiger partial charge is 0.262 e. The van der Waals surface area contributed by atoms with E-state index in [1.807, 2.05) is 0 Å². The molecular weight excluding hydrogens is 422 g/mol. The second-order valence-electron chi connectivity index (χ2n) is 6.18. The molecule has 0 spiro atoms. The minimum Gasteiger partial charge on any atom is -0.322 e. The lowest BCUT2D eigenvalue weighted by Gasteiger charge is -2.13. The van der Waals surface area contributed by atoms with Gasteiger partial charge in [-0.05, 0) is 48.9 Å². The number of amides is 1. The summed E-state index contributed by atoms with van der Waals surface area (Å²) in [5.41, 5.74) is 0.545. The van der Waals surface area contributed by atoms with Crippen LogP contribution in [-0.2, 0) is 10.0 Å². The van der Waals surface area contributed by atoms with E-state index in [0.29, 0.717) is 11.6 Å². The number of nitrogens with one attached hydrogen (secondary N) is 2. The number of carbonyl (C=O) groups is 1. The Hall–Kier alpha value is -2.97. The SMILES string of the molecule is Cc1ccc(NC(=O)c2cc(F)cc(F)c2)cc1S(=O)(=O)Nc1ccccc1Cl. The molecule has 29 heavy (non-hydrogen) atoms. The minimum absolute atomic E-state index is 0.0827. The maximum atomic E-state index is 13.3. The molecule has 0 aliphatic carbocycles. The topological polar surface area (TPSA) is 75.3 Å². The van der Waals surface area contributed by atoms with Crippen LogP contribution in [0.15, 0.2) is 65.6 Å². The standard InChI is InChI=1S/C20H15ClF2N2O3S/c1-12-6-7-16(24-20(26)13-8-14(22)10-15(23)9-13)11-19(12)29(27,28)25-18-5-3-2-4-17(18)21/h2-11,25H,1H3,(H,24,26). The van der Waals surface area contributed by atoms with Crippen LogP contribution in [0.3, 0.4) is 0 Å². The molecule has 150 valence electrons. The van der Waals surface area contributed by atoms with Gasteiger partial charge in [-0.2, -0.15) is 0 Å². The van der Waals surface area contributed by atoms with E-state index in [4.69, 9.17) is 11.6 Å². The molecule has 0 aromatic heterocycles. The molecule has 3 aromatic carbocycles. The number of hydrogen-bond donors (Lipinski definition) is 2. The first-order valence-corrected chi connectivity index (χ1v) is 10.2. The molecule has 0 radical (unpaired) electrons. The number of hydrogen-bond acceptors (Lipinski definition) is 3. The first-order chi connectivity index (χ1) is 13.7. The fourth-order valence-electron chi connectivity index (χ4n) is 2.60. The predicted molar refractivity (Wildman–Crippen MR) is 108 cm³/mol. The maximum Gasteiger partial charge on any atom is 0.262 e. The molecule has 0 saturated heterocycles. The molecule has 0 saturated carbocycles. The lowest BCUT2D eigenvalue weighted by atomic mass is 10.2. The van der Waals surface area contributed by atoms with Crippen LogP contribution < -0.4 is 10.0 Å². The average molecular weight is 437 g/mol. The summed E-state index contributed by atoms with van der Waals surface area (Å²) in [6.45, 7) is 1.59. The van der Waals surface area contributed by atoms with Crippen LogP contribution in [0.2, 0.25) is 5.02 Å². The highest BCUT2D eigenvalue weighted by Crippen LogP contribution is 2.27. The molecule has 0 atom stereocenters. The number of anilines is 2. The van der Waals surface area contributed by atoms with Crippen LogP contribution in [0.1, 0.15) is 15.9 Å². The van der Waals surface area contributed by atoms with Gasteiger partial charge in [-0.25, -0.2) is 17.2 Å². The van der Waals surface area contributed by atoms with Gasteiger partial charge in [-0.15, -0.1) is 0 Å². The lowest BCUT2D eigenvalue weighted by molar-refractivity contribution is 0.102. The number of halogens is 3. The van der Waals surface area contributed by atoms with Gasteiger partial charge in [0, 0.05) is 17.3 Å². The molecule has 9 heteroatoms. The maximum absolute atomic E-state index is 13.3.